The van der Waals surface area contributed by atoms with Gasteiger partial charge in [0.05, 0.1) is 17.4 Å². The number of ether oxygens (including phenoxy) is 1. The molecule has 4 N–H and O–H groups in total. The number of aromatic amines is 1. The number of benzene rings is 2. The molecule has 356 valence electrons. The van der Waals surface area contributed by atoms with Gasteiger partial charge in [0.2, 0.25) is 0 Å². The van der Waals surface area contributed by atoms with E-state index in [9.17, 15) is 36.4 Å². The number of piperidine rings is 1. The van der Waals surface area contributed by atoms with E-state index in [1.54, 1.807) is 42.1 Å². The number of anilines is 2. The summed E-state index contributed by atoms with van der Waals surface area (Å²) in [4.78, 5) is 40.4. The van der Waals surface area contributed by atoms with Crippen molar-refractivity contribution in [2.75, 3.05) is 36.4 Å². The summed E-state index contributed by atoms with van der Waals surface area (Å²) in [5.74, 6) is -1.20. The lowest BCUT2D eigenvalue weighted by molar-refractivity contribution is -0.143. The van der Waals surface area contributed by atoms with Gasteiger partial charge in [0.1, 0.15) is 22.0 Å². The molecule has 14 nitrogen and oxygen atoms in total. The van der Waals surface area contributed by atoms with Gasteiger partial charge in [0.25, 0.3) is 15.9 Å². The van der Waals surface area contributed by atoms with Crippen LogP contribution in [0.3, 0.4) is 0 Å². The molecule has 2 aromatic carbocycles. The number of likely N-dealkylation sites (tertiary alicyclic amines) is 1. The number of sulfonamides is 1. The Morgan fingerprint density at radius 3 is 2.48 bits per heavy atom. The Morgan fingerprint density at radius 2 is 1.76 bits per heavy atom. The second kappa shape index (κ2) is 18.1. The number of alkyl halides is 3. The van der Waals surface area contributed by atoms with Gasteiger partial charge < -0.3 is 25.0 Å². The standard InChI is InChI=1S/C49H57F3N8O6S/c1-30(2)36-7-4-5-8-37(36)40-9-6-20-60(40)34-26-48(27-34)17-21-59(22-18-48)33-10-11-38(41(24-33)66-35-23-32-14-19-53-44(32)55-29-35)46(61)58-67(64,65)42-25-39(57-63)45(56-43(42)49(50,51)52)54-28-31-12-15-47(3,62)16-13-31/h4-5,7-8,10-11,14,19,23-25,29-31,34,40,62H,6,9,12-13,15-18,20-22,26-28H2,1-3H3,(H,53,55)(H,54,56)(H,58,61)/t31-,40-,47-/m0/s1. The number of nitrogens with zero attached hydrogens (tertiary/aromatic N) is 5. The topological polar surface area (TPSA) is 182 Å². The third kappa shape index (κ3) is 9.75. The average Bonchev–Trinajstić information content (AvgIpc) is 3.97. The molecular formula is C49H57F3N8O6S. The van der Waals surface area contributed by atoms with Crippen molar-refractivity contribution in [3.05, 3.63) is 100 Å². The summed E-state index contributed by atoms with van der Waals surface area (Å²) in [6, 6.07) is 18.5. The average molecular weight is 943 g/mol. The lowest BCUT2D eigenvalue weighted by atomic mass is 9.59. The molecule has 3 aromatic heterocycles. The largest absolute Gasteiger partial charge is 0.455 e. The smallest absolute Gasteiger partial charge is 0.434 e. The molecule has 1 atom stereocenters. The van der Waals surface area contributed by atoms with Crippen molar-refractivity contribution in [2.24, 2.45) is 16.5 Å². The quantitative estimate of drug-likeness (QED) is 0.0825. The van der Waals surface area contributed by atoms with Crippen LogP contribution in [0, 0.1) is 16.2 Å². The van der Waals surface area contributed by atoms with Gasteiger partial charge in [0.15, 0.2) is 17.2 Å². The summed E-state index contributed by atoms with van der Waals surface area (Å²) in [7, 11) is -5.33. The van der Waals surface area contributed by atoms with E-state index in [0.717, 1.165) is 51.0 Å². The number of hydrogen-bond acceptors (Lipinski definition) is 12. The molecule has 0 radical (unpaired) electrons. The number of nitroso groups, excluding NO2 is 1. The van der Waals surface area contributed by atoms with Crippen LogP contribution < -0.4 is 19.7 Å². The molecule has 0 unspecified atom stereocenters. The zero-order valence-electron chi connectivity index (χ0n) is 37.9. The molecular weight excluding hydrogens is 886 g/mol. The van der Waals surface area contributed by atoms with Crippen molar-refractivity contribution in [3.8, 4) is 11.5 Å². The van der Waals surface area contributed by atoms with E-state index in [2.05, 4.69) is 73.4 Å². The van der Waals surface area contributed by atoms with Crippen LogP contribution >= 0.6 is 0 Å². The van der Waals surface area contributed by atoms with E-state index in [0.29, 0.717) is 60.8 Å². The first kappa shape index (κ1) is 46.5. The van der Waals surface area contributed by atoms with Crippen LogP contribution in [-0.4, -0.2) is 77.1 Å². The maximum atomic E-state index is 14.6. The highest BCUT2D eigenvalue weighted by molar-refractivity contribution is 7.90. The van der Waals surface area contributed by atoms with Crippen molar-refractivity contribution < 1.29 is 36.2 Å². The Labute approximate surface area is 388 Å². The molecule has 4 aliphatic rings. The number of amides is 1. The molecule has 9 rings (SSSR count). The Kier molecular flexibility index (Phi) is 12.6. The van der Waals surface area contributed by atoms with Crippen LogP contribution in [0.4, 0.5) is 30.4 Å². The lowest BCUT2D eigenvalue weighted by Gasteiger charge is -2.56. The minimum Gasteiger partial charge on any atom is -0.455 e. The molecule has 67 heavy (non-hydrogen) atoms. The Hall–Kier alpha value is -5.59. The molecule has 0 bridgehead atoms. The van der Waals surface area contributed by atoms with Gasteiger partial charge in [-0.3, -0.25) is 9.69 Å². The third-order valence-electron chi connectivity index (χ3n) is 14.7. The molecule has 5 heterocycles. The van der Waals surface area contributed by atoms with Crippen LogP contribution in [0.25, 0.3) is 11.0 Å². The molecule has 1 amide bonds. The summed E-state index contributed by atoms with van der Waals surface area (Å²) in [6.07, 6.45) is 6.54. The summed E-state index contributed by atoms with van der Waals surface area (Å²) in [5, 5.41) is 16.5. The van der Waals surface area contributed by atoms with E-state index in [1.165, 1.54) is 36.2 Å². The van der Waals surface area contributed by atoms with Crippen LogP contribution in [0.5, 0.6) is 11.5 Å². The number of pyridine rings is 2. The molecule has 2 saturated carbocycles. The van der Waals surface area contributed by atoms with Gasteiger partial charge in [-0.15, -0.1) is 4.91 Å². The van der Waals surface area contributed by atoms with Crippen LogP contribution in [0.1, 0.15) is 124 Å². The fourth-order valence-corrected chi connectivity index (χ4v) is 12.0. The highest BCUT2D eigenvalue weighted by atomic mass is 32.2. The van der Waals surface area contributed by atoms with E-state index in [-0.39, 0.29) is 34.9 Å². The Balaban J connectivity index is 0.929. The van der Waals surface area contributed by atoms with Crippen molar-refractivity contribution in [2.45, 2.75) is 120 Å². The number of halogens is 3. The van der Waals surface area contributed by atoms with Gasteiger partial charge in [-0.25, -0.2) is 23.1 Å². The van der Waals surface area contributed by atoms with Crippen molar-refractivity contribution in [1.82, 2.24) is 24.6 Å². The van der Waals surface area contributed by atoms with Gasteiger partial charge in [-0.05, 0) is 142 Å². The predicted octanol–water partition coefficient (Wildman–Crippen LogP) is 10.3. The molecule has 2 aliphatic heterocycles. The summed E-state index contributed by atoms with van der Waals surface area (Å²) in [6.45, 7) is 8.95. The maximum Gasteiger partial charge on any atom is 0.434 e. The highest BCUT2D eigenvalue weighted by Gasteiger charge is 2.50. The zero-order valence-corrected chi connectivity index (χ0v) is 38.7. The second-order valence-electron chi connectivity index (χ2n) is 19.6. The lowest BCUT2D eigenvalue weighted by Crippen LogP contribution is -2.54. The second-order valence-corrected chi connectivity index (χ2v) is 21.3. The summed E-state index contributed by atoms with van der Waals surface area (Å²) in [5.41, 5.74) is 0.817. The number of H-pyrrole nitrogens is 1. The number of aromatic nitrogens is 3. The van der Waals surface area contributed by atoms with E-state index >= 15 is 0 Å². The fraction of sp³-hybridized carbons (Fsp3) is 0.490. The number of aliphatic hydroxyl groups is 1. The van der Waals surface area contributed by atoms with Crippen molar-refractivity contribution in [3.63, 3.8) is 0 Å². The minimum absolute atomic E-state index is 0.0409. The molecule has 2 saturated heterocycles. The number of rotatable bonds is 13. The fourth-order valence-electron chi connectivity index (χ4n) is 10.9. The van der Waals surface area contributed by atoms with Crippen molar-refractivity contribution >= 4 is 44.2 Å². The first-order valence-electron chi connectivity index (χ1n) is 23.2. The number of carbonyl (C=O) groups excluding carboxylic acids is 1. The molecule has 5 aromatic rings. The first-order chi connectivity index (χ1) is 31.9. The maximum absolute atomic E-state index is 14.6. The third-order valence-corrected chi connectivity index (χ3v) is 16.0. The van der Waals surface area contributed by atoms with E-state index in [1.807, 2.05) is 0 Å². The number of carbonyl (C=O) groups is 1. The highest BCUT2D eigenvalue weighted by Crippen LogP contribution is 2.54. The van der Waals surface area contributed by atoms with Gasteiger partial charge in [-0.2, -0.15) is 13.2 Å². The van der Waals surface area contributed by atoms with E-state index in [4.69, 9.17) is 4.74 Å². The van der Waals surface area contributed by atoms with Crippen LogP contribution in [-0.2, 0) is 16.2 Å². The van der Waals surface area contributed by atoms with Gasteiger partial charge in [0, 0.05) is 55.1 Å². The van der Waals surface area contributed by atoms with Gasteiger partial charge in [-0.1, -0.05) is 38.1 Å². The monoisotopic (exact) mass is 942 g/mol. The Bertz CT molecular complexity index is 2750. The normalized spacial score (nSPS) is 22.5. The summed E-state index contributed by atoms with van der Waals surface area (Å²) >= 11 is 0. The SMILES string of the molecule is CC(C)c1ccccc1[C@@H]1CCCN1C1CC2(CCN(c3ccc(C(=O)NS(=O)(=O)c4cc(N=O)c(NC[C@H]5CC[C@](C)(O)CC5)nc4C(F)(F)F)c(Oc4cnc5[nH]ccc5c4)c3)CC2)C1. The molecule has 1 spiro atoms. The zero-order chi connectivity index (χ0) is 47.3. The summed E-state index contributed by atoms with van der Waals surface area (Å²) < 4.78 is 79.5. The Morgan fingerprint density at radius 1 is 1.01 bits per heavy atom. The van der Waals surface area contributed by atoms with Crippen molar-refractivity contribution in [1.29, 1.82) is 0 Å². The minimum atomic E-state index is -5.33. The first-order valence-corrected chi connectivity index (χ1v) is 24.7. The number of hydrogen-bond donors (Lipinski definition) is 4. The molecule has 4 fully saturated rings. The van der Waals surface area contributed by atoms with Crippen LogP contribution in [0.2, 0.25) is 0 Å². The molecule has 18 heteroatoms. The van der Waals surface area contributed by atoms with Crippen LogP contribution in [0.15, 0.2) is 83.1 Å². The predicted molar refractivity (Wildman–Crippen MR) is 249 cm³/mol. The van der Waals surface area contributed by atoms with E-state index < -0.39 is 49.8 Å². The number of nitrogens with one attached hydrogen (secondary N) is 3. The van der Waals surface area contributed by atoms with Gasteiger partial charge >= 0.3 is 6.18 Å². The molecule has 2 aliphatic carbocycles. The number of fused-ring (bicyclic) bond motifs is 1.